The number of nitrogens with one attached hydrogen (secondary N) is 3. The van der Waals surface area contributed by atoms with Crippen LogP contribution in [0.25, 0.3) is 6.08 Å². The third-order valence-corrected chi connectivity index (χ3v) is 10.9. The van der Waals surface area contributed by atoms with E-state index in [9.17, 15) is 24.4 Å². The number of benzene rings is 3. The van der Waals surface area contributed by atoms with E-state index in [1.165, 1.54) is 57.4 Å². The summed E-state index contributed by atoms with van der Waals surface area (Å²) in [6.45, 7) is 4.36. The van der Waals surface area contributed by atoms with Crippen molar-refractivity contribution in [2.45, 2.75) is 43.4 Å². The monoisotopic (exact) mass is 753 g/mol. The average molecular weight is 754 g/mol. The number of rotatable bonds is 13. The number of nitrogens with zero attached hydrogens (tertiary/aromatic N) is 2. The molecule has 1 atom stereocenters. The van der Waals surface area contributed by atoms with Crippen LogP contribution in [0.2, 0.25) is 0 Å². The van der Waals surface area contributed by atoms with Crippen LogP contribution in [-0.4, -0.2) is 61.7 Å². The molecule has 2 heterocycles. The quantitative estimate of drug-likeness (QED) is 0.103. The molecule has 3 N–H and O–H groups in total. The zero-order valence-electron chi connectivity index (χ0n) is 29.9. The highest BCUT2D eigenvalue weighted by molar-refractivity contribution is 8.00. The summed E-state index contributed by atoms with van der Waals surface area (Å²) < 4.78 is 16.4. The van der Waals surface area contributed by atoms with E-state index in [0.717, 1.165) is 10.4 Å². The normalized spacial score (nSPS) is 12.8. The Morgan fingerprint density at radius 2 is 1.68 bits per heavy atom. The highest BCUT2D eigenvalue weighted by Crippen LogP contribution is 2.38. The lowest BCUT2D eigenvalue weighted by Crippen LogP contribution is -2.33. The van der Waals surface area contributed by atoms with Crippen molar-refractivity contribution in [1.29, 1.82) is 5.26 Å². The van der Waals surface area contributed by atoms with Crippen LogP contribution < -0.4 is 30.2 Å². The lowest BCUT2D eigenvalue weighted by Gasteiger charge is -2.25. The average Bonchev–Trinajstić information content (AvgIpc) is 3.52. The summed E-state index contributed by atoms with van der Waals surface area (Å²) in [4.78, 5) is 55.9. The van der Waals surface area contributed by atoms with Crippen molar-refractivity contribution in [3.05, 3.63) is 99.6 Å². The van der Waals surface area contributed by atoms with Gasteiger partial charge in [-0.15, -0.1) is 23.1 Å². The van der Waals surface area contributed by atoms with Gasteiger partial charge in [-0.05, 0) is 60.9 Å². The Morgan fingerprint density at radius 1 is 0.962 bits per heavy atom. The van der Waals surface area contributed by atoms with E-state index in [0.29, 0.717) is 75.5 Å². The predicted octanol–water partition coefficient (Wildman–Crippen LogP) is 6.47. The first-order chi connectivity index (χ1) is 25.6. The molecule has 274 valence electrons. The molecular weight excluding hydrogens is 715 g/mol. The Labute approximate surface area is 316 Å². The van der Waals surface area contributed by atoms with Gasteiger partial charge < -0.3 is 35.1 Å². The molecule has 0 saturated heterocycles. The van der Waals surface area contributed by atoms with Crippen molar-refractivity contribution in [1.82, 2.24) is 10.2 Å². The van der Waals surface area contributed by atoms with Gasteiger partial charge >= 0.3 is 0 Å². The van der Waals surface area contributed by atoms with Crippen molar-refractivity contribution in [3.63, 3.8) is 0 Å². The molecule has 0 fully saturated rings. The van der Waals surface area contributed by atoms with Crippen LogP contribution in [-0.2, 0) is 27.3 Å². The van der Waals surface area contributed by atoms with Gasteiger partial charge in [-0.2, -0.15) is 5.26 Å². The fourth-order valence-electron chi connectivity index (χ4n) is 5.67. The van der Waals surface area contributed by atoms with Crippen molar-refractivity contribution in [3.8, 4) is 23.3 Å². The van der Waals surface area contributed by atoms with Crippen LogP contribution in [0.4, 0.5) is 10.7 Å². The first-order valence-corrected chi connectivity index (χ1v) is 18.4. The number of ether oxygens (including phenoxy) is 3. The smallest absolute Gasteiger partial charge is 0.272 e. The van der Waals surface area contributed by atoms with Gasteiger partial charge in [-0.25, -0.2) is 0 Å². The van der Waals surface area contributed by atoms with Gasteiger partial charge in [0, 0.05) is 46.1 Å². The van der Waals surface area contributed by atoms with Gasteiger partial charge in [0.25, 0.3) is 11.8 Å². The molecule has 0 spiro atoms. The minimum atomic E-state index is -0.605. The number of hydrogen-bond donors (Lipinski definition) is 3. The Bertz CT molecular complexity index is 2090. The molecule has 4 aromatic rings. The van der Waals surface area contributed by atoms with E-state index < -0.39 is 17.1 Å². The molecule has 1 aromatic heterocycles. The van der Waals surface area contributed by atoms with E-state index in [-0.39, 0.29) is 17.5 Å². The number of thiophene rings is 1. The predicted molar refractivity (Wildman–Crippen MR) is 205 cm³/mol. The molecule has 5 rings (SSSR count). The summed E-state index contributed by atoms with van der Waals surface area (Å²) in [6, 6.07) is 21.1. The topological polar surface area (TPSA) is 159 Å². The van der Waals surface area contributed by atoms with E-state index in [1.54, 1.807) is 65.6 Å². The first kappa shape index (κ1) is 38.5. The van der Waals surface area contributed by atoms with E-state index >= 15 is 0 Å². The van der Waals surface area contributed by atoms with Gasteiger partial charge in [0.15, 0.2) is 11.5 Å². The van der Waals surface area contributed by atoms with Crippen LogP contribution in [0.3, 0.4) is 0 Å². The molecule has 0 bridgehead atoms. The Hall–Kier alpha value is -5.78. The minimum Gasteiger partial charge on any atom is -0.496 e. The second-order valence-electron chi connectivity index (χ2n) is 11.8. The van der Waals surface area contributed by atoms with Gasteiger partial charge in [-0.3, -0.25) is 19.2 Å². The number of anilines is 2. The number of fused-ring (bicyclic) bond motifs is 1. The van der Waals surface area contributed by atoms with Crippen LogP contribution >= 0.6 is 23.1 Å². The maximum absolute atomic E-state index is 13.9. The maximum atomic E-state index is 13.9. The van der Waals surface area contributed by atoms with Crippen LogP contribution in [0.5, 0.6) is 17.2 Å². The Kier molecular flexibility index (Phi) is 12.8. The zero-order valence-corrected chi connectivity index (χ0v) is 31.5. The van der Waals surface area contributed by atoms with Crippen molar-refractivity contribution in [2.75, 3.05) is 38.5 Å². The molecule has 12 nitrogen and oxygen atoms in total. The molecule has 0 radical (unpaired) electrons. The third-order valence-electron chi connectivity index (χ3n) is 8.45. The summed E-state index contributed by atoms with van der Waals surface area (Å²) in [7, 11) is 4.47. The number of amides is 4. The summed E-state index contributed by atoms with van der Waals surface area (Å²) >= 11 is 2.65. The van der Waals surface area contributed by atoms with E-state index in [1.807, 2.05) is 13.0 Å². The molecule has 4 amide bonds. The molecule has 3 aromatic carbocycles. The van der Waals surface area contributed by atoms with E-state index in [4.69, 9.17) is 14.2 Å². The van der Waals surface area contributed by atoms with Crippen LogP contribution in [0.15, 0.2) is 77.3 Å². The fourth-order valence-corrected chi connectivity index (χ4v) is 7.90. The highest BCUT2D eigenvalue weighted by Gasteiger charge is 2.28. The second kappa shape index (κ2) is 17.6. The highest BCUT2D eigenvalue weighted by atomic mass is 32.2. The van der Waals surface area contributed by atoms with Gasteiger partial charge in [-0.1, -0.05) is 31.2 Å². The molecule has 1 aliphatic heterocycles. The number of carbonyl (C=O) groups is 4. The Balaban J connectivity index is 1.36. The third kappa shape index (κ3) is 9.18. The molecule has 53 heavy (non-hydrogen) atoms. The number of methoxy groups -OCH3 is 3. The Morgan fingerprint density at radius 3 is 2.34 bits per heavy atom. The number of nitriles is 1. The number of carbonyl (C=O) groups excluding carboxylic acids is 4. The van der Waals surface area contributed by atoms with Gasteiger partial charge in [0.1, 0.15) is 22.5 Å². The standard InChI is InChI=1S/C39H39N5O7S2/c1-6-34(38(48)43-39-29(21-40)28-15-16-44(23(2)45)22-35(28)53-39)52-27-14-10-13-26(19-27)41-37(47)30(42-36(46)24-11-8-7-9-12-24)17-25-18-32(50-4)33(51-5)20-31(25)49-3/h7-14,17-20,34H,6,15-16,22H2,1-5H3,(H,41,47)(H,42,46)(H,43,48)/b30-17+. The lowest BCUT2D eigenvalue weighted by molar-refractivity contribution is -0.129. The molecule has 14 heteroatoms. The second-order valence-corrected chi connectivity index (χ2v) is 14.2. The number of hydrogen-bond acceptors (Lipinski definition) is 10. The maximum Gasteiger partial charge on any atom is 0.272 e. The molecule has 0 saturated carbocycles. The SMILES string of the molecule is CCC(Sc1cccc(NC(=O)/C(=C\c2cc(OC)c(OC)cc2OC)NC(=O)c2ccccc2)c1)C(=O)Nc1sc2c(c1C#N)CCN(C(C)=O)C2. The molecule has 1 unspecified atom stereocenters. The summed E-state index contributed by atoms with van der Waals surface area (Å²) in [5.41, 5.74) is 2.50. The van der Waals surface area contributed by atoms with E-state index in [2.05, 4.69) is 22.0 Å². The first-order valence-electron chi connectivity index (χ1n) is 16.7. The number of thioether (sulfide) groups is 1. The summed E-state index contributed by atoms with van der Waals surface area (Å²) in [5.74, 6) is -0.182. The van der Waals surface area contributed by atoms with Gasteiger partial charge in [0.05, 0.1) is 38.7 Å². The fraction of sp³-hybridized carbons (Fsp3) is 0.256. The molecule has 0 aliphatic carbocycles. The van der Waals surface area contributed by atoms with Gasteiger partial charge in [0.2, 0.25) is 11.8 Å². The van der Waals surface area contributed by atoms with Crippen molar-refractivity contribution in [2.24, 2.45) is 0 Å². The van der Waals surface area contributed by atoms with Crippen molar-refractivity contribution < 1.29 is 33.4 Å². The molecular formula is C39H39N5O7S2. The zero-order chi connectivity index (χ0) is 38.1. The molecule has 1 aliphatic rings. The van der Waals surface area contributed by atoms with Crippen molar-refractivity contribution >= 4 is 63.5 Å². The lowest BCUT2D eigenvalue weighted by atomic mass is 10.0. The summed E-state index contributed by atoms with van der Waals surface area (Å²) in [5, 5.41) is 18.5. The van der Waals surface area contributed by atoms with Crippen LogP contribution in [0, 0.1) is 11.3 Å². The summed E-state index contributed by atoms with van der Waals surface area (Å²) in [6.07, 6.45) is 2.54. The van der Waals surface area contributed by atoms with Crippen LogP contribution in [0.1, 0.15) is 52.2 Å². The largest absolute Gasteiger partial charge is 0.496 e. The minimum absolute atomic E-state index is 0.0312.